The van der Waals surface area contributed by atoms with Crippen molar-refractivity contribution in [1.29, 1.82) is 0 Å². The highest BCUT2D eigenvalue weighted by molar-refractivity contribution is 5.91. The molecule has 0 spiro atoms. The molecule has 1 aromatic carbocycles. The maximum absolute atomic E-state index is 13.1. The molecule has 1 amide bonds. The lowest BCUT2D eigenvalue weighted by Crippen LogP contribution is -2.49. The molecule has 0 radical (unpaired) electrons. The van der Waals surface area contributed by atoms with Crippen LogP contribution in [-0.2, 0) is 4.74 Å². The number of carbonyl (C=O) groups is 1. The second-order valence-electron chi connectivity index (χ2n) is 7.11. The van der Waals surface area contributed by atoms with E-state index in [1.807, 2.05) is 42.2 Å². The van der Waals surface area contributed by atoms with Gasteiger partial charge in [-0.15, -0.1) is 5.10 Å². The maximum atomic E-state index is 13.1. The van der Waals surface area contributed by atoms with Gasteiger partial charge in [-0.25, -0.2) is 4.68 Å². The molecule has 1 fully saturated rings. The van der Waals surface area contributed by atoms with Crippen molar-refractivity contribution in [2.45, 2.75) is 6.92 Å². The first-order chi connectivity index (χ1) is 14.2. The van der Waals surface area contributed by atoms with Crippen LogP contribution in [0.1, 0.15) is 16.2 Å². The van der Waals surface area contributed by atoms with Gasteiger partial charge in [0, 0.05) is 39.8 Å². The van der Waals surface area contributed by atoms with E-state index < -0.39 is 0 Å². The highest BCUT2D eigenvalue weighted by atomic mass is 16.5. The second-order valence-corrected chi connectivity index (χ2v) is 7.11. The normalized spacial score (nSPS) is 15.0. The van der Waals surface area contributed by atoms with Crippen molar-refractivity contribution in [2.75, 3.05) is 46.4 Å². The number of furan rings is 1. The van der Waals surface area contributed by atoms with Gasteiger partial charge in [0.15, 0.2) is 11.6 Å². The molecule has 3 aromatic rings. The third-order valence-electron chi connectivity index (χ3n) is 5.06. The summed E-state index contributed by atoms with van der Waals surface area (Å²) in [6, 6.07) is 11.5. The fourth-order valence-electron chi connectivity index (χ4n) is 3.44. The Morgan fingerprint density at radius 1 is 1.17 bits per heavy atom. The van der Waals surface area contributed by atoms with Gasteiger partial charge in [-0.3, -0.25) is 9.69 Å². The molecule has 8 nitrogen and oxygen atoms in total. The number of hydrogen-bond acceptors (Lipinski definition) is 6. The standard InChI is InChI=1S/C21H25N5O3/c1-16-5-3-6-17(15-16)26-20(18-7-4-13-29-18)22-19(23-26)21(27)25-10-8-24(9-11-25)12-14-28-2/h3-7,13,15H,8-12,14H2,1-2H3. The summed E-state index contributed by atoms with van der Waals surface area (Å²) in [5, 5.41) is 4.54. The van der Waals surface area contributed by atoms with Gasteiger partial charge in [0.05, 0.1) is 18.6 Å². The van der Waals surface area contributed by atoms with Gasteiger partial charge < -0.3 is 14.1 Å². The predicted octanol–water partition coefficient (Wildman–Crippen LogP) is 2.24. The van der Waals surface area contributed by atoms with Gasteiger partial charge in [-0.05, 0) is 36.8 Å². The zero-order chi connectivity index (χ0) is 20.2. The predicted molar refractivity (Wildman–Crippen MR) is 108 cm³/mol. The quantitative estimate of drug-likeness (QED) is 0.637. The summed E-state index contributed by atoms with van der Waals surface area (Å²) in [6.07, 6.45) is 1.59. The lowest BCUT2D eigenvalue weighted by molar-refractivity contribution is 0.0583. The van der Waals surface area contributed by atoms with Crippen molar-refractivity contribution in [3.8, 4) is 17.3 Å². The Labute approximate surface area is 169 Å². The molecule has 0 unspecified atom stereocenters. The molecule has 0 atom stereocenters. The number of piperazine rings is 1. The second kappa shape index (κ2) is 8.59. The molecule has 1 aliphatic rings. The molecule has 1 saturated heterocycles. The van der Waals surface area contributed by atoms with Gasteiger partial charge >= 0.3 is 0 Å². The van der Waals surface area contributed by atoms with Crippen LogP contribution >= 0.6 is 0 Å². The molecule has 0 N–H and O–H groups in total. The third-order valence-corrected chi connectivity index (χ3v) is 5.06. The van der Waals surface area contributed by atoms with Crippen molar-refractivity contribution in [3.05, 3.63) is 54.0 Å². The number of aryl methyl sites for hydroxylation is 1. The van der Waals surface area contributed by atoms with E-state index in [-0.39, 0.29) is 11.7 Å². The summed E-state index contributed by atoms with van der Waals surface area (Å²) in [4.78, 5) is 21.7. The van der Waals surface area contributed by atoms with Crippen molar-refractivity contribution in [2.24, 2.45) is 0 Å². The number of carbonyl (C=O) groups excluding carboxylic acids is 1. The van der Waals surface area contributed by atoms with Crippen LogP contribution in [0.25, 0.3) is 17.3 Å². The summed E-state index contributed by atoms with van der Waals surface area (Å²) in [7, 11) is 1.70. The summed E-state index contributed by atoms with van der Waals surface area (Å²) >= 11 is 0. The van der Waals surface area contributed by atoms with Gasteiger partial charge in [-0.1, -0.05) is 12.1 Å². The zero-order valence-electron chi connectivity index (χ0n) is 16.7. The molecule has 1 aliphatic heterocycles. The molecule has 3 heterocycles. The summed E-state index contributed by atoms with van der Waals surface area (Å²) in [6.45, 7) is 6.53. The molecule has 4 rings (SSSR count). The van der Waals surface area contributed by atoms with Gasteiger partial charge in [0.1, 0.15) is 0 Å². The number of ether oxygens (including phenoxy) is 1. The number of methoxy groups -OCH3 is 1. The largest absolute Gasteiger partial charge is 0.461 e. The Hall–Kier alpha value is -2.97. The lowest BCUT2D eigenvalue weighted by Gasteiger charge is -2.33. The van der Waals surface area contributed by atoms with Crippen LogP contribution in [0.2, 0.25) is 0 Å². The Kier molecular flexibility index (Phi) is 5.73. The molecular formula is C21H25N5O3. The van der Waals surface area contributed by atoms with Crippen molar-refractivity contribution in [3.63, 3.8) is 0 Å². The van der Waals surface area contributed by atoms with Crippen LogP contribution in [0.4, 0.5) is 0 Å². The van der Waals surface area contributed by atoms with E-state index in [2.05, 4.69) is 15.0 Å². The number of aromatic nitrogens is 3. The van der Waals surface area contributed by atoms with E-state index in [0.29, 0.717) is 31.3 Å². The molecule has 29 heavy (non-hydrogen) atoms. The van der Waals surface area contributed by atoms with E-state index in [0.717, 1.165) is 30.9 Å². The van der Waals surface area contributed by atoms with Crippen molar-refractivity contribution >= 4 is 5.91 Å². The minimum atomic E-state index is -0.157. The van der Waals surface area contributed by atoms with Crippen LogP contribution in [0.5, 0.6) is 0 Å². The van der Waals surface area contributed by atoms with Crippen molar-refractivity contribution in [1.82, 2.24) is 24.6 Å². The van der Waals surface area contributed by atoms with Crippen LogP contribution in [-0.4, -0.2) is 76.9 Å². The molecule has 8 heteroatoms. The Bertz CT molecular complexity index is 959. The van der Waals surface area contributed by atoms with Gasteiger partial charge in [-0.2, -0.15) is 4.98 Å². The fourth-order valence-corrected chi connectivity index (χ4v) is 3.44. The molecule has 0 aliphatic carbocycles. The highest BCUT2D eigenvalue weighted by Crippen LogP contribution is 2.23. The smallest absolute Gasteiger partial charge is 0.293 e. The fraction of sp³-hybridized carbons (Fsp3) is 0.381. The number of benzene rings is 1. The third kappa shape index (κ3) is 4.23. The monoisotopic (exact) mass is 395 g/mol. The summed E-state index contributed by atoms with van der Waals surface area (Å²) in [5.41, 5.74) is 1.94. The molecule has 2 aromatic heterocycles. The number of rotatable bonds is 6. The first-order valence-corrected chi connectivity index (χ1v) is 9.74. The summed E-state index contributed by atoms with van der Waals surface area (Å²) < 4.78 is 12.3. The number of amides is 1. The van der Waals surface area contributed by atoms with E-state index in [1.165, 1.54) is 0 Å². The first-order valence-electron chi connectivity index (χ1n) is 9.74. The highest BCUT2D eigenvalue weighted by Gasteiger charge is 2.27. The Balaban J connectivity index is 1.58. The van der Waals surface area contributed by atoms with E-state index >= 15 is 0 Å². The first kappa shape index (κ1) is 19.4. The minimum Gasteiger partial charge on any atom is -0.461 e. The minimum absolute atomic E-state index is 0.157. The Morgan fingerprint density at radius 3 is 2.69 bits per heavy atom. The summed E-state index contributed by atoms with van der Waals surface area (Å²) in [5.74, 6) is 1.11. The Morgan fingerprint density at radius 2 is 2.00 bits per heavy atom. The average molecular weight is 395 g/mol. The van der Waals surface area contributed by atoms with E-state index in [4.69, 9.17) is 9.15 Å². The van der Waals surface area contributed by atoms with Crippen LogP contribution in [0, 0.1) is 6.92 Å². The SMILES string of the molecule is COCCN1CCN(C(=O)c2nc(-c3ccco3)n(-c3cccc(C)c3)n2)CC1. The van der Waals surface area contributed by atoms with Crippen molar-refractivity contribution < 1.29 is 13.9 Å². The van der Waals surface area contributed by atoms with E-state index in [9.17, 15) is 4.79 Å². The van der Waals surface area contributed by atoms with Gasteiger partial charge in [0.25, 0.3) is 5.91 Å². The van der Waals surface area contributed by atoms with Gasteiger partial charge in [0.2, 0.25) is 5.82 Å². The van der Waals surface area contributed by atoms with Crippen LogP contribution in [0.3, 0.4) is 0 Å². The molecule has 152 valence electrons. The molecule has 0 saturated carbocycles. The zero-order valence-corrected chi connectivity index (χ0v) is 16.7. The lowest BCUT2D eigenvalue weighted by atomic mass is 10.2. The average Bonchev–Trinajstić information content (AvgIpc) is 3.42. The van der Waals surface area contributed by atoms with Crippen LogP contribution < -0.4 is 0 Å². The number of nitrogens with zero attached hydrogens (tertiary/aromatic N) is 5. The number of hydrogen-bond donors (Lipinski definition) is 0. The molecule has 0 bridgehead atoms. The topological polar surface area (TPSA) is 76.6 Å². The maximum Gasteiger partial charge on any atom is 0.293 e. The molecular weight excluding hydrogens is 370 g/mol. The van der Waals surface area contributed by atoms with E-state index in [1.54, 1.807) is 24.1 Å². The van der Waals surface area contributed by atoms with Crippen LogP contribution in [0.15, 0.2) is 47.1 Å².